The maximum atomic E-state index is 12.7. The van der Waals surface area contributed by atoms with Gasteiger partial charge in [0.25, 0.3) is 11.8 Å². The van der Waals surface area contributed by atoms with Gasteiger partial charge in [0.1, 0.15) is 5.60 Å². The lowest BCUT2D eigenvalue weighted by Crippen LogP contribution is -2.48. The van der Waals surface area contributed by atoms with Crippen LogP contribution in [0, 0.1) is 5.92 Å². The van der Waals surface area contributed by atoms with Crippen molar-refractivity contribution in [2.24, 2.45) is 5.92 Å². The van der Waals surface area contributed by atoms with Crippen molar-refractivity contribution in [3.8, 4) is 0 Å². The van der Waals surface area contributed by atoms with Crippen molar-refractivity contribution in [3.63, 3.8) is 0 Å². The number of amides is 4. The van der Waals surface area contributed by atoms with E-state index in [1.54, 1.807) is 65.8 Å². The van der Waals surface area contributed by atoms with Crippen LogP contribution >= 0.6 is 0 Å². The number of nitrogens with one attached hydrogen (secondary N) is 2. The highest BCUT2D eigenvalue weighted by molar-refractivity contribution is 6.21. The number of fused-ring (bicyclic) bond motifs is 1. The molecule has 0 fully saturated rings. The molecule has 0 radical (unpaired) electrons. The van der Waals surface area contributed by atoms with E-state index in [4.69, 9.17) is 9.47 Å². The topological polar surface area (TPSA) is 114 Å². The highest BCUT2D eigenvalue weighted by Gasteiger charge is 2.38. The number of rotatable bonds is 7. The van der Waals surface area contributed by atoms with E-state index in [1.807, 2.05) is 0 Å². The van der Waals surface area contributed by atoms with Crippen LogP contribution in [0.3, 0.4) is 0 Å². The monoisotopic (exact) mass is 433 g/mol. The number of hydrogen-bond donors (Lipinski definition) is 2. The Hall–Kier alpha value is -3.10. The molecule has 2 unspecified atom stereocenters. The molecule has 1 aliphatic rings. The molecule has 4 amide bonds. The number of ether oxygens (including phenoxy) is 2. The van der Waals surface area contributed by atoms with Crippen molar-refractivity contribution in [2.75, 3.05) is 13.2 Å². The van der Waals surface area contributed by atoms with Gasteiger partial charge in [-0.15, -0.1) is 0 Å². The first kappa shape index (κ1) is 24.2. The summed E-state index contributed by atoms with van der Waals surface area (Å²) in [4.78, 5) is 50.7. The maximum Gasteiger partial charge on any atom is 0.407 e. The van der Waals surface area contributed by atoms with Crippen LogP contribution in [-0.4, -0.2) is 59.7 Å². The lowest BCUT2D eigenvalue weighted by Gasteiger charge is -2.29. The Morgan fingerprint density at radius 3 is 2.00 bits per heavy atom. The predicted octanol–water partition coefficient (Wildman–Crippen LogP) is 2.95. The average Bonchev–Trinajstić information content (AvgIpc) is 2.87. The van der Waals surface area contributed by atoms with Crippen molar-refractivity contribution in [1.29, 1.82) is 0 Å². The van der Waals surface area contributed by atoms with Crippen molar-refractivity contribution < 1.29 is 28.7 Å². The molecule has 2 rings (SSSR count). The summed E-state index contributed by atoms with van der Waals surface area (Å²) in [5.41, 5.74) is -0.0231. The third-order valence-corrected chi connectivity index (χ3v) is 4.58. The molecule has 9 nitrogen and oxygen atoms in total. The summed E-state index contributed by atoms with van der Waals surface area (Å²) in [7, 11) is 0. The van der Waals surface area contributed by atoms with Gasteiger partial charge in [-0.2, -0.15) is 0 Å². The van der Waals surface area contributed by atoms with E-state index in [9.17, 15) is 19.2 Å². The molecule has 0 aromatic heterocycles. The second kappa shape index (κ2) is 9.80. The number of alkyl carbamates (subject to hydrolysis) is 2. The molecule has 9 heteroatoms. The van der Waals surface area contributed by atoms with Gasteiger partial charge in [0.15, 0.2) is 0 Å². The average molecular weight is 434 g/mol. The molecule has 0 saturated carbocycles. The molecular formula is C22H31N3O6. The maximum absolute atomic E-state index is 12.7. The lowest BCUT2D eigenvalue weighted by molar-refractivity contribution is 0.0445. The minimum absolute atomic E-state index is 0.0295. The van der Waals surface area contributed by atoms with Crippen LogP contribution < -0.4 is 10.6 Å². The van der Waals surface area contributed by atoms with Crippen LogP contribution in [-0.2, 0) is 9.47 Å². The molecule has 170 valence electrons. The minimum atomic E-state index is -0.685. The van der Waals surface area contributed by atoms with E-state index in [0.29, 0.717) is 11.1 Å². The van der Waals surface area contributed by atoms with Crippen LogP contribution in [0.5, 0.6) is 0 Å². The Morgan fingerprint density at radius 2 is 1.52 bits per heavy atom. The standard InChI is InChI=1S/C22H31N3O6/c1-13(2)23-20(28)30-12-15(14(3)24-21(29)31-22(4,5)6)11-25-18(26)16-9-7-8-10-17(16)19(25)27/h7-10,13-15H,11-12H2,1-6H3,(H,23,28)(H,24,29). The Labute approximate surface area is 182 Å². The van der Waals surface area contributed by atoms with E-state index in [-0.39, 0.29) is 19.2 Å². The molecule has 0 saturated heterocycles. The summed E-state index contributed by atoms with van der Waals surface area (Å²) in [5, 5.41) is 5.32. The minimum Gasteiger partial charge on any atom is -0.449 e. The fourth-order valence-electron chi connectivity index (χ4n) is 3.07. The van der Waals surface area contributed by atoms with Gasteiger partial charge in [0.05, 0.1) is 17.7 Å². The van der Waals surface area contributed by atoms with Gasteiger partial charge in [-0.05, 0) is 53.7 Å². The number of nitrogens with zero attached hydrogens (tertiary/aromatic N) is 1. The van der Waals surface area contributed by atoms with Crippen molar-refractivity contribution in [3.05, 3.63) is 35.4 Å². The van der Waals surface area contributed by atoms with E-state index < -0.39 is 41.6 Å². The van der Waals surface area contributed by atoms with Crippen molar-refractivity contribution >= 4 is 24.0 Å². The molecule has 1 aliphatic heterocycles. The third-order valence-electron chi connectivity index (χ3n) is 4.58. The molecule has 0 aliphatic carbocycles. The van der Waals surface area contributed by atoms with Crippen molar-refractivity contribution in [2.45, 2.75) is 59.2 Å². The number of carbonyl (C=O) groups is 4. The highest BCUT2D eigenvalue weighted by Crippen LogP contribution is 2.24. The van der Waals surface area contributed by atoms with Gasteiger partial charge in [0, 0.05) is 24.5 Å². The van der Waals surface area contributed by atoms with Gasteiger partial charge >= 0.3 is 12.2 Å². The Kier molecular flexibility index (Phi) is 7.65. The molecule has 0 spiro atoms. The summed E-state index contributed by atoms with van der Waals surface area (Å²) in [6, 6.07) is 5.91. The smallest absolute Gasteiger partial charge is 0.407 e. The lowest BCUT2D eigenvalue weighted by atomic mass is 10.0. The quantitative estimate of drug-likeness (QED) is 0.639. The summed E-state index contributed by atoms with van der Waals surface area (Å²) < 4.78 is 10.6. The molecule has 31 heavy (non-hydrogen) atoms. The van der Waals surface area contributed by atoms with E-state index in [0.717, 1.165) is 4.90 Å². The largest absolute Gasteiger partial charge is 0.449 e. The Morgan fingerprint density at radius 1 is 0.968 bits per heavy atom. The Balaban J connectivity index is 2.13. The van der Waals surface area contributed by atoms with Crippen LogP contribution in [0.4, 0.5) is 9.59 Å². The first-order chi connectivity index (χ1) is 14.4. The van der Waals surface area contributed by atoms with Crippen LogP contribution in [0.15, 0.2) is 24.3 Å². The van der Waals surface area contributed by atoms with Gasteiger partial charge in [-0.25, -0.2) is 9.59 Å². The number of benzene rings is 1. The first-order valence-corrected chi connectivity index (χ1v) is 10.3. The molecule has 1 heterocycles. The third kappa shape index (κ3) is 6.70. The molecule has 2 N–H and O–H groups in total. The van der Waals surface area contributed by atoms with Gasteiger partial charge < -0.3 is 20.1 Å². The molecule has 1 aromatic rings. The first-order valence-electron chi connectivity index (χ1n) is 10.3. The normalized spacial score (nSPS) is 15.4. The second-order valence-corrected chi connectivity index (χ2v) is 8.86. The summed E-state index contributed by atoms with van der Waals surface area (Å²) in [6.45, 7) is 10.4. The fraction of sp³-hybridized carbons (Fsp3) is 0.545. The van der Waals surface area contributed by atoms with Gasteiger partial charge in [-0.1, -0.05) is 12.1 Å². The van der Waals surface area contributed by atoms with E-state index >= 15 is 0 Å². The number of carbonyl (C=O) groups excluding carboxylic acids is 4. The van der Waals surface area contributed by atoms with Crippen LogP contribution in [0.25, 0.3) is 0 Å². The van der Waals surface area contributed by atoms with Crippen LogP contribution in [0.1, 0.15) is 62.3 Å². The fourth-order valence-corrected chi connectivity index (χ4v) is 3.07. The van der Waals surface area contributed by atoms with E-state index in [2.05, 4.69) is 10.6 Å². The molecule has 1 aromatic carbocycles. The number of imide groups is 1. The molecule has 0 bridgehead atoms. The van der Waals surface area contributed by atoms with Gasteiger partial charge in [0.2, 0.25) is 0 Å². The zero-order valence-corrected chi connectivity index (χ0v) is 18.9. The Bertz CT molecular complexity index is 811. The summed E-state index contributed by atoms with van der Waals surface area (Å²) in [5.74, 6) is -1.38. The number of hydrogen-bond acceptors (Lipinski definition) is 6. The highest BCUT2D eigenvalue weighted by atomic mass is 16.6. The van der Waals surface area contributed by atoms with Gasteiger partial charge in [-0.3, -0.25) is 14.5 Å². The zero-order valence-electron chi connectivity index (χ0n) is 18.9. The summed E-state index contributed by atoms with van der Waals surface area (Å²) >= 11 is 0. The molecule has 2 atom stereocenters. The van der Waals surface area contributed by atoms with Crippen molar-refractivity contribution in [1.82, 2.24) is 15.5 Å². The zero-order chi connectivity index (χ0) is 23.3. The van der Waals surface area contributed by atoms with Crippen LogP contribution in [0.2, 0.25) is 0 Å². The molecular weight excluding hydrogens is 402 g/mol. The van der Waals surface area contributed by atoms with E-state index in [1.165, 1.54) is 0 Å². The second-order valence-electron chi connectivity index (χ2n) is 8.86. The SMILES string of the molecule is CC(C)NC(=O)OCC(CN1C(=O)c2ccccc2C1=O)C(C)NC(=O)OC(C)(C)C. The summed E-state index contributed by atoms with van der Waals surface area (Å²) in [6.07, 6.45) is -1.26. The predicted molar refractivity (Wildman–Crippen MR) is 114 cm³/mol.